The lowest BCUT2D eigenvalue weighted by atomic mass is 10.0. The fraction of sp³-hybridized carbons (Fsp3) is 0.615. The highest BCUT2D eigenvalue weighted by Gasteiger charge is 2.47. The van der Waals surface area contributed by atoms with Crippen LogP contribution in [0.2, 0.25) is 0 Å². The molecule has 1 aromatic heterocycles. The summed E-state index contributed by atoms with van der Waals surface area (Å²) >= 11 is 0. The van der Waals surface area contributed by atoms with E-state index in [1.807, 2.05) is 65.0 Å². The largest absolute Gasteiger partial charge is 0.444 e. The number of carbonyl (C=O) groups excluding carboxylic acids is 2. The molecule has 2 aliphatic rings. The SMILES string of the molecule is CC.CC(C)(C)OC(=O)NCCNCCc1nnc([C@@H]2CC[C@@H]3CN2C(=O)N3OCc2ccccc2)o1. The third-order valence-corrected chi connectivity index (χ3v) is 5.79. The first-order valence-electron chi connectivity index (χ1n) is 13.1. The van der Waals surface area contributed by atoms with Gasteiger partial charge >= 0.3 is 12.1 Å². The number of rotatable bonds is 10. The zero-order valence-corrected chi connectivity index (χ0v) is 22.5. The Morgan fingerprint density at radius 2 is 1.86 bits per heavy atom. The Kier molecular flexibility index (Phi) is 10.3. The zero-order chi connectivity index (χ0) is 26.8. The summed E-state index contributed by atoms with van der Waals surface area (Å²) in [6.45, 7) is 12.1. The maximum absolute atomic E-state index is 13.0. The number of carbonyl (C=O) groups is 2. The number of hydroxylamine groups is 2. The van der Waals surface area contributed by atoms with Gasteiger partial charge in [-0.25, -0.2) is 9.59 Å². The lowest BCUT2D eigenvalue weighted by Gasteiger charge is -2.27. The number of nitrogens with zero attached hydrogens (tertiary/aromatic N) is 4. The van der Waals surface area contributed by atoms with E-state index in [2.05, 4.69) is 20.8 Å². The van der Waals surface area contributed by atoms with Crippen molar-refractivity contribution in [1.29, 1.82) is 0 Å². The Morgan fingerprint density at radius 1 is 1.11 bits per heavy atom. The van der Waals surface area contributed by atoms with Crippen molar-refractivity contribution in [2.75, 3.05) is 26.2 Å². The number of amides is 3. The molecule has 2 bridgehead atoms. The molecule has 0 spiro atoms. The highest BCUT2D eigenvalue weighted by Crippen LogP contribution is 2.38. The molecule has 2 aromatic rings. The molecule has 11 heteroatoms. The number of piperidine rings is 1. The van der Waals surface area contributed by atoms with E-state index in [0.717, 1.165) is 18.4 Å². The molecule has 3 amide bonds. The number of nitrogens with one attached hydrogen (secondary N) is 2. The number of aromatic nitrogens is 2. The fourth-order valence-corrected chi connectivity index (χ4v) is 4.16. The molecular weight excluding hydrogens is 476 g/mol. The predicted molar refractivity (Wildman–Crippen MR) is 137 cm³/mol. The second-order valence-electron chi connectivity index (χ2n) is 9.73. The van der Waals surface area contributed by atoms with Crippen LogP contribution in [-0.2, 0) is 22.6 Å². The van der Waals surface area contributed by atoms with Crippen LogP contribution in [0.5, 0.6) is 0 Å². The molecule has 204 valence electrons. The van der Waals surface area contributed by atoms with Crippen LogP contribution < -0.4 is 10.6 Å². The van der Waals surface area contributed by atoms with Crippen molar-refractivity contribution in [3.63, 3.8) is 0 Å². The van der Waals surface area contributed by atoms with Gasteiger partial charge in [-0.1, -0.05) is 44.2 Å². The van der Waals surface area contributed by atoms with Crippen molar-refractivity contribution in [1.82, 2.24) is 30.8 Å². The predicted octanol–water partition coefficient (Wildman–Crippen LogP) is 3.83. The van der Waals surface area contributed by atoms with Gasteiger partial charge in [-0.3, -0.25) is 4.84 Å². The topological polar surface area (TPSA) is 122 Å². The van der Waals surface area contributed by atoms with Gasteiger partial charge < -0.3 is 24.7 Å². The smallest absolute Gasteiger partial charge is 0.407 e. The van der Waals surface area contributed by atoms with Gasteiger partial charge in [0, 0.05) is 32.6 Å². The third-order valence-electron chi connectivity index (χ3n) is 5.79. The van der Waals surface area contributed by atoms with E-state index in [-0.39, 0.29) is 18.1 Å². The van der Waals surface area contributed by atoms with Gasteiger partial charge in [-0.05, 0) is 39.2 Å². The standard InChI is InChI=1S/C24H34N6O5.C2H6/c1-24(2,3)35-22(31)26-14-13-25-12-11-20-27-28-21(34-20)19-10-9-18-15-29(19)23(32)30(18)33-16-17-7-5-4-6-8-17;1-2/h4-8,18-19,25H,9-16H2,1-3H3,(H,26,31);1-2H3/t18-,19+;/m1./s1. The molecule has 2 saturated heterocycles. The maximum atomic E-state index is 13.0. The Morgan fingerprint density at radius 3 is 2.59 bits per heavy atom. The number of fused-ring (bicyclic) bond motifs is 2. The highest BCUT2D eigenvalue weighted by atomic mass is 16.7. The second kappa shape index (κ2) is 13.4. The monoisotopic (exact) mass is 516 g/mol. The molecule has 3 heterocycles. The Hall–Kier alpha value is -3.18. The van der Waals surface area contributed by atoms with Crippen molar-refractivity contribution < 1.29 is 23.6 Å². The van der Waals surface area contributed by atoms with E-state index in [4.69, 9.17) is 14.0 Å². The summed E-state index contributed by atoms with van der Waals surface area (Å²) in [6, 6.07) is 9.43. The van der Waals surface area contributed by atoms with E-state index in [9.17, 15) is 9.59 Å². The summed E-state index contributed by atoms with van der Waals surface area (Å²) in [5.41, 5.74) is 0.503. The molecular formula is C26H40N6O5. The zero-order valence-electron chi connectivity index (χ0n) is 22.5. The van der Waals surface area contributed by atoms with Crippen LogP contribution in [0.3, 0.4) is 0 Å². The number of urea groups is 1. The average Bonchev–Trinajstić information content (AvgIpc) is 3.44. The lowest BCUT2D eigenvalue weighted by Crippen LogP contribution is -2.36. The molecule has 1 aromatic carbocycles. The average molecular weight is 517 g/mol. The van der Waals surface area contributed by atoms with Crippen LogP contribution in [0.4, 0.5) is 9.59 Å². The summed E-state index contributed by atoms with van der Waals surface area (Å²) in [7, 11) is 0. The molecule has 0 unspecified atom stereocenters. The van der Waals surface area contributed by atoms with E-state index in [1.165, 1.54) is 5.06 Å². The number of alkyl carbamates (subject to hydrolysis) is 1. The molecule has 37 heavy (non-hydrogen) atoms. The van der Waals surface area contributed by atoms with Gasteiger partial charge in [0.1, 0.15) is 18.2 Å². The minimum Gasteiger partial charge on any atom is -0.444 e. The molecule has 0 radical (unpaired) electrons. The normalized spacial score (nSPS) is 18.9. The second-order valence-corrected chi connectivity index (χ2v) is 9.73. The van der Waals surface area contributed by atoms with Crippen molar-refractivity contribution in [2.24, 2.45) is 0 Å². The summed E-state index contributed by atoms with van der Waals surface area (Å²) in [4.78, 5) is 32.2. The molecule has 2 aliphatic heterocycles. The van der Waals surface area contributed by atoms with Crippen molar-refractivity contribution in [3.05, 3.63) is 47.7 Å². The van der Waals surface area contributed by atoms with Crippen LogP contribution in [0.25, 0.3) is 0 Å². The Bertz CT molecular complexity index is 993. The summed E-state index contributed by atoms with van der Waals surface area (Å²) < 4.78 is 11.1. The fourth-order valence-electron chi connectivity index (χ4n) is 4.16. The van der Waals surface area contributed by atoms with Gasteiger partial charge in [-0.15, -0.1) is 10.2 Å². The van der Waals surface area contributed by atoms with Crippen molar-refractivity contribution in [2.45, 2.75) is 78.2 Å². The number of hydrogen-bond acceptors (Lipinski definition) is 8. The maximum Gasteiger partial charge on any atom is 0.407 e. The number of benzene rings is 1. The van der Waals surface area contributed by atoms with E-state index in [0.29, 0.717) is 51.0 Å². The first-order valence-corrected chi connectivity index (χ1v) is 13.1. The number of ether oxygens (including phenoxy) is 1. The molecule has 0 saturated carbocycles. The first-order chi connectivity index (χ1) is 17.8. The highest BCUT2D eigenvalue weighted by molar-refractivity contribution is 5.77. The minimum atomic E-state index is -0.514. The molecule has 2 fully saturated rings. The molecule has 0 aliphatic carbocycles. The van der Waals surface area contributed by atoms with Crippen LogP contribution in [0, 0.1) is 0 Å². The molecule has 4 rings (SSSR count). The molecule has 11 nitrogen and oxygen atoms in total. The van der Waals surface area contributed by atoms with Crippen molar-refractivity contribution in [3.8, 4) is 0 Å². The van der Waals surface area contributed by atoms with Gasteiger partial charge in [0.25, 0.3) is 0 Å². The first kappa shape index (κ1) is 28.4. The summed E-state index contributed by atoms with van der Waals surface area (Å²) in [5.74, 6) is 0.974. The summed E-state index contributed by atoms with van der Waals surface area (Å²) in [6.07, 6.45) is 1.68. The Balaban J connectivity index is 0.00000186. The molecule has 2 atom stereocenters. The minimum absolute atomic E-state index is 0.0309. The van der Waals surface area contributed by atoms with Gasteiger partial charge in [0.15, 0.2) is 0 Å². The van der Waals surface area contributed by atoms with Crippen molar-refractivity contribution >= 4 is 12.1 Å². The Labute approximate surface area is 218 Å². The third kappa shape index (κ3) is 8.16. The van der Waals surface area contributed by atoms with Crippen LogP contribution in [-0.4, -0.2) is 70.1 Å². The van der Waals surface area contributed by atoms with E-state index < -0.39 is 11.7 Å². The summed E-state index contributed by atoms with van der Waals surface area (Å²) in [5, 5.41) is 15.8. The van der Waals surface area contributed by atoms with Crippen LogP contribution in [0.15, 0.2) is 34.7 Å². The van der Waals surface area contributed by atoms with Crippen LogP contribution >= 0.6 is 0 Å². The van der Waals surface area contributed by atoms with Crippen LogP contribution in [0.1, 0.15) is 70.8 Å². The quantitative estimate of drug-likeness (QED) is 0.457. The lowest BCUT2D eigenvalue weighted by molar-refractivity contribution is -0.140. The van der Waals surface area contributed by atoms with Gasteiger partial charge in [0.05, 0.1) is 6.04 Å². The molecule has 2 N–H and O–H groups in total. The van der Waals surface area contributed by atoms with Gasteiger partial charge in [-0.2, -0.15) is 5.06 Å². The van der Waals surface area contributed by atoms with E-state index in [1.54, 1.807) is 4.90 Å². The van der Waals surface area contributed by atoms with Gasteiger partial charge in [0.2, 0.25) is 11.8 Å². The van der Waals surface area contributed by atoms with E-state index >= 15 is 0 Å². The number of hydrogen-bond donors (Lipinski definition) is 2.